The summed E-state index contributed by atoms with van der Waals surface area (Å²) in [6.07, 6.45) is 4.74. The number of hydrogen-bond donors (Lipinski definition) is 1. The van der Waals surface area contributed by atoms with Gasteiger partial charge in [0.25, 0.3) is 5.91 Å². The lowest BCUT2D eigenvalue weighted by Crippen LogP contribution is -2.40. The Hall–Kier alpha value is -2.40. The van der Waals surface area contributed by atoms with E-state index < -0.39 is 0 Å². The van der Waals surface area contributed by atoms with E-state index in [4.69, 9.17) is 0 Å². The van der Waals surface area contributed by atoms with Crippen LogP contribution in [0.5, 0.6) is 0 Å². The average Bonchev–Trinajstić information content (AvgIpc) is 3.09. The van der Waals surface area contributed by atoms with E-state index >= 15 is 0 Å². The molecule has 5 heteroatoms. The molecule has 2 heterocycles. The number of nitrogens with zero attached hydrogens (tertiary/aromatic N) is 2. The van der Waals surface area contributed by atoms with Crippen molar-refractivity contribution in [2.24, 2.45) is 0 Å². The van der Waals surface area contributed by atoms with Crippen molar-refractivity contribution in [3.05, 3.63) is 65.0 Å². The molecular weight excluding hydrogens is 353 g/mol. The van der Waals surface area contributed by atoms with Gasteiger partial charge in [-0.15, -0.1) is 0 Å². The van der Waals surface area contributed by atoms with Gasteiger partial charge < -0.3 is 10.2 Å². The minimum atomic E-state index is -0.386. The first-order valence-corrected chi connectivity index (χ1v) is 10.2. The molecule has 0 unspecified atom stereocenters. The Morgan fingerprint density at radius 3 is 2.71 bits per heavy atom. The number of likely N-dealkylation sites (tertiary alicyclic amines) is 1. The number of piperidine rings is 1. The van der Waals surface area contributed by atoms with E-state index in [9.17, 15) is 9.18 Å². The van der Waals surface area contributed by atoms with E-state index in [0.717, 1.165) is 26.1 Å². The molecule has 1 saturated heterocycles. The van der Waals surface area contributed by atoms with Crippen LogP contribution < -0.4 is 10.2 Å². The van der Waals surface area contributed by atoms with Crippen molar-refractivity contribution in [1.29, 1.82) is 0 Å². The van der Waals surface area contributed by atoms with E-state index in [1.807, 2.05) is 0 Å². The first-order chi connectivity index (χ1) is 13.6. The molecule has 4 nitrogen and oxygen atoms in total. The van der Waals surface area contributed by atoms with Crippen molar-refractivity contribution in [1.82, 2.24) is 10.2 Å². The second kappa shape index (κ2) is 8.31. The quantitative estimate of drug-likeness (QED) is 0.856. The highest BCUT2D eigenvalue weighted by Crippen LogP contribution is 2.32. The van der Waals surface area contributed by atoms with Gasteiger partial charge in [-0.25, -0.2) is 4.39 Å². The van der Waals surface area contributed by atoms with Gasteiger partial charge in [0.15, 0.2) is 0 Å². The molecule has 2 aromatic carbocycles. The predicted octanol–water partition coefficient (Wildman–Crippen LogP) is 3.78. The molecule has 1 fully saturated rings. The Bertz CT molecular complexity index is 847. The summed E-state index contributed by atoms with van der Waals surface area (Å²) >= 11 is 0. The van der Waals surface area contributed by atoms with E-state index in [2.05, 4.69) is 40.4 Å². The molecule has 2 aromatic rings. The van der Waals surface area contributed by atoms with Crippen molar-refractivity contribution < 1.29 is 9.18 Å². The smallest absolute Gasteiger partial charge is 0.251 e. The molecule has 148 valence electrons. The Balaban J connectivity index is 1.53. The normalized spacial score (nSPS) is 18.0. The van der Waals surface area contributed by atoms with Gasteiger partial charge in [-0.2, -0.15) is 0 Å². The second-order valence-electron chi connectivity index (χ2n) is 7.89. The van der Waals surface area contributed by atoms with E-state index in [0.29, 0.717) is 12.1 Å². The number of likely N-dealkylation sites (N-methyl/N-ethyl adjacent to an activating group) is 1. The standard InChI is InChI=1S/C23H28FN3O/c1-26-13-10-18-14-17(8-9-21(18)26)22(27-11-3-2-4-12-27)16-25-23(28)19-6-5-7-20(24)15-19/h5-9,14-15,22H,2-4,10-13,16H2,1H3,(H,25,28)/t22-/m0/s1. The third kappa shape index (κ3) is 4.04. The topological polar surface area (TPSA) is 35.6 Å². The van der Waals surface area contributed by atoms with Crippen molar-refractivity contribution in [2.75, 3.05) is 38.1 Å². The van der Waals surface area contributed by atoms with Gasteiger partial charge in [-0.1, -0.05) is 24.6 Å². The lowest BCUT2D eigenvalue weighted by molar-refractivity contribution is 0.0924. The Kier molecular flexibility index (Phi) is 5.62. The molecular formula is C23H28FN3O. The number of carbonyl (C=O) groups excluding carboxylic acids is 1. The van der Waals surface area contributed by atoms with Crippen LogP contribution >= 0.6 is 0 Å². The fraction of sp³-hybridized carbons (Fsp3) is 0.435. The molecule has 0 radical (unpaired) electrons. The van der Waals surface area contributed by atoms with Gasteiger partial charge in [-0.05, 0) is 67.7 Å². The monoisotopic (exact) mass is 381 g/mol. The van der Waals surface area contributed by atoms with Gasteiger partial charge in [0.05, 0.1) is 6.04 Å². The minimum absolute atomic E-state index is 0.147. The molecule has 0 saturated carbocycles. The highest BCUT2D eigenvalue weighted by atomic mass is 19.1. The summed E-state index contributed by atoms with van der Waals surface area (Å²) in [7, 11) is 2.13. The fourth-order valence-electron chi connectivity index (χ4n) is 4.40. The molecule has 2 aliphatic heterocycles. The van der Waals surface area contributed by atoms with Gasteiger partial charge >= 0.3 is 0 Å². The van der Waals surface area contributed by atoms with Crippen LogP contribution in [0.15, 0.2) is 42.5 Å². The van der Waals surface area contributed by atoms with Crippen LogP contribution in [-0.4, -0.2) is 44.0 Å². The zero-order valence-corrected chi connectivity index (χ0v) is 16.5. The largest absolute Gasteiger partial charge is 0.374 e. The third-order valence-corrected chi connectivity index (χ3v) is 5.99. The summed E-state index contributed by atoms with van der Waals surface area (Å²) in [6, 6.07) is 12.7. The van der Waals surface area contributed by atoms with Gasteiger partial charge in [0, 0.05) is 31.4 Å². The van der Waals surface area contributed by atoms with Crippen LogP contribution in [0.1, 0.15) is 46.8 Å². The Morgan fingerprint density at radius 2 is 1.93 bits per heavy atom. The number of rotatable bonds is 5. The summed E-state index contributed by atoms with van der Waals surface area (Å²) in [6.45, 7) is 3.70. The van der Waals surface area contributed by atoms with Crippen molar-refractivity contribution >= 4 is 11.6 Å². The summed E-state index contributed by atoms with van der Waals surface area (Å²) < 4.78 is 13.4. The number of anilines is 1. The number of halogens is 1. The molecule has 4 rings (SSSR count). The number of fused-ring (bicyclic) bond motifs is 1. The van der Waals surface area contributed by atoms with Crippen LogP contribution in [0.4, 0.5) is 10.1 Å². The molecule has 0 spiro atoms. The molecule has 1 N–H and O–H groups in total. The Labute approximate surface area is 166 Å². The third-order valence-electron chi connectivity index (χ3n) is 5.99. The fourth-order valence-corrected chi connectivity index (χ4v) is 4.40. The number of amides is 1. The number of benzene rings is 2. The molecule has 0 aromatic heterocycles. The first kappa shape index (κ1) is 18.9. The predicted molar refractivity (Wildman–Crippen MR) is 110 cm³/mol. The Morgan fingerprint density at radius 1 is 1.11 bits per heavy atom. The van der Waals surface area contributed by atoms with Crippen LogP contribution in [0.3, 0.4) is 0 Å². The van der Waals surface area contributed by atoms with Crippen LogP contribution in [0.25, 0.3) is 0 Å². The van der Waals surface area contributed by atoms with Crippen molar-refractivity contribution in [3.8, 4) is 0 Å². The molecule has 0 bridgehead atoms. The highest BCUT2D eigenvalue weighted by Gasteiger charge is 2.25. The molecule has 1 atom stereocenters. The molecule has 0 aliphatic carbocycles. The van der Waals surface area contributed by atoms with E-state index in [1.54, 1.807) is 12.1 Å². The summed E-state index contributed by atoms with van der Waals surface area (Å²) in [5.41, 5.74) is 4.33. The maximum atomic E-state index is 13.4. The zero-order valence-electron chi connectivity index (χ0n) is 16.5. The molecule has 28 heavy (non-hydrogen) atoms. The summed E-state index contributed by atoms with van der Waals surface area (Å²) in [5, 5.41) is 3.04. The van der Waals surface area contributed by atoms with Crippen LogP contribution in [-0.2, 0) is 6.42 Å². The van der Waals surface area contributed by atoms with Gasteiger partial charge in [0.2, 0.25) is 0 Å². The lowest BCUT2D eigenvalue weighted by atomic mass is 9.98. The second-order valence-corrected chi connectivity index (χ2v) is 7.89. The van der Waals surface area contributed by atoms with Gasteiger partial charge in [0.1, 0.15) is 5.82 Å². The minimum Gasteiger partial charge on any atom is -0.374 e. The van der Waals surface area contributed by atoms with Crippen LogP contribution in [0, 0.1) is 5.82 Å². The number of carbonyl (C=O) groups is 1. The van der Waals surface area contributed by atoms with Crippen molar-refractivity contribution in [3.63, 3.8) is 0 Å². The maximum Gasteiger partial charge on any atom is 0.251 e. The number of nitrogens with one attached hydrogen (secondary N) is 1. The number of hydrogen-bond acceptors (Lipinski definition) is 3. The van der Waals surface area contributed by atoms with Crippen LogP contribution in [0.2, 0.25) is 0 Å². The maximum absolute atomic E-state index is 13.4. The molecule has 1 amide bonds. The molecule has 2 aliphatic rings. The lowest BCUT2D eigenvalue weighted by Gasteiger charge is -2.35. The van der Waals surface area contributed by atoms with E-state index in [1.165, 1.54) is 48.2 Å². The average molecular weight is 381 g/mol. The zero-order chi connectivity index (χ0) is 19.5. The van der Waals surface area contributed by atoms with Crippen molar-refractivity contribution in [2.45, 2.75) is 31.7 Å². The summed E-state index contributed by atoms with van der Waals surface area (Å²) in [5.74, 6) is -0.606. The van der Waals surface area contributed by atoms with E-state index in [-0.39, 0.29) is 17.8 Å². The summed E-state index contributed by atoms with van der Waals surface area (Å²) in [4.78, 5) is 17.3. The van der Waals surface area contributed by atoms with Gasteiger partial charge in [-0.3, -0.25) is 9.69 Å². The highest BCUT2D eigenvalue weighted by molar-refractivity contribution is 5.94. The first-order valence-electron chi connectivity index (χ1n) is 10.2. The SMILES string of the molecule is CN1CCc2cc([C@H](CNC(=O)c3cccc(F)c3)N3CCCCC3)ccc21.